The second kappa shape index (κ2) is 11.9. The maximum atomic E-state index is 8.54. The number of rotatable bonds is 10. The minimum absolute atomic E-state index is 0.345. The van der Waals surface area contributed by atoms with Crippen molar-refractivity contribution in [1.82, 2.24) is 5.32 Å². The van der Waals surface area contributed by atoms with Gasteiger partial charge in [-0.3, -0.25) is 0 Å². The molecule has 0 heterocycles. The van der Waals surface area contributed by atoms with E-state index in [1.54, 1.807) is 0 Å². The summed E-state index contributed by atoms with van der Waals surface area (Å²) in [4.78, 5) is 0. The van der Waals surface area contributed by atoms with E-state index < -0.39 is 0 Å². The molecule has 0 fully saturated rings. The molecule has 0 amide bonds. The molecule has 3 nitrogen and oxygen atoms in total. The molecule has 0 unspecified atom stereocenters. The molecule has 3 heteroatoms. The van der Waals surface area contributed by atoms with E-state index in [4.69, 9.17) is 10.8 Å². The second-order valence-corrected chi connectivity index (χ2v) is 3.38. The van der Waals surface area contributed by atoms with Crippen LogP contribution in [0.3, 0.4) is 0 Å². The van der Waals surface area contributed by atoms with Crippen molar-refractivity contribution in [2.24, 2.45) is 5.73 Å². The third-order valence-corrected chi connectivity index (χ3v) is 2.08. The molecule has 4 N–H and O–H groups in total. The summed E-state index contributed by atoms with van der Waals surface area (Å²) in [5.74, 6) is 0. The van der Waals surface area contributed by atoms with Crippen LogP contribution in [0.1, 0.15) is 38.5 Å². The van der Waals surface area contributed by atoms with Crippen LogP contribution in [0, 0.1) is 0 Å². The highest BCUT2D eigenvalue weighted by molar-refractivity contribution is 4.49. The van der Waals surface area contributed by atoms with Crippen LogP contribution in [0.15, 0.2) is 0 Å². The minimum atomic E-state index is 0.345. The van der Waals surface area contributed by atoms with Gasteiger partial charge in [0, 0.05) is 19.7 Å². The van der Waals surface area contributed by atoms with Crippen LogP contribution in [0.5, 0.6) is 0 Å². The number of unbranched alkanes of at least 4 members (excludes halogenated alkanes) is 5. The third-order valence-electron chi connectivity index (χ3n) is 2.08. The lowest BCUT2D eigenvalue weighted by atomic mass is 10.1. The zero-order valence-electron chi connectivity index (χ0n) is 8.60. The topological polar surface area (TPSA) is 58.3 Å². The summed E-state index contributed by atoms with van der Waals surface area (Å²) in [6.07, 6.45) is 7.24. The van der Waals surface area contributed by atoms with Crippen molar-refractivity contribution in [3.63, 3.8) is 0 Å². The van der Waals surface area contributed by atoms with Crippen LogP contribution >= 0.6 is 0 Å². The molecule has 0 saturated carbocycles. The molecular weight excluding hydrogens is 164 g/mol. The van der Waals surface area contributed by atoms with Crippen molar-refractivity contribution < 1.29 is 5.11 Å². The number of nitrogens with one attached hydrogen (secondary N) is 1. The van der Waals surface area contributed by atoms with Crippen molar-refractivity contribution >= 4 is 0 Å². The van der Waals surface area contributed by atoms with Crippen molar-refractivity contribution in [1.29, 1.82) is 0 Å². The van der Waals surface area contributed by atoms with Gasteiger partial charge in [0.25, 0.3) is 0 Å². The fourth-order valence-electron chi connectivity index (χ4n) is 1.30. The van der Waals surface area contributed by atoms with Crippen molar-refractivity contribution in [3.8, 4) is 0 Å². The fraction of sp³-hybridized carbons (Fsp3) is 1.00. The van der Waals surface area contributed by atoms with Gasteiger partial charge in [0.1, 0.15) is 0 Å². The number of aliphatic hydroxyl groups excluding tert-OH is 1. The largest absolute Gasteiger partial charge is 0.396 e. The molecule has 80 valence electrons. The van der Waals surface area contributed by atoms with Gasteiger partial charge in [0.2, 0.25) is 0 Å². The maximum absolute atomic E-state index is 8.54. The Kier molecular flexibility index (Phi) is 11.8. The van der Waals surface area contributed by atoms with Gasteiger partial charge < -0.3 is 16.2 Å². The quantitative estimate of drug-likeness (QED) is 0.446. The summed E-state index contributed by atoms with van der Waals surface area (Å²) in [5, 5.41) is 11.8. The molecule has 0 aliphatic heterocycles. The van der Waals surface area contributed by atoms with Crippen LogP contribution in [0.25, 0.3) is 0 Å². The van der Waals surface area contributed by atoms with Gasteiger partial charge >= 0.3 is 0 Å². The monoisotopic (exact) mass is 188 g/mol. The van der Waals surface area contributed by atoms with E-state index in [0.29, 0.717) is 6.61 Å². The molecule has 0 aromatic heterocycles. The average molecular weight is 188 g/mol. The summed E-state index contributed by atoms with van der Waals surface area (Å²) in [6.45, 7) is 3.11. The Bertz CT molecular complexity index is 79.0. The first kappa shape index (κ1) is 12.9. The van der Waals surface area contributed by atoms with E-state index in [9.17, 15) is 0 Å². The number of aliphatic hydroxyl groups is 1. The molecule has 0 radical (unpaired) electrons. The SMILES string of the molecule is NCCNCCCCCCCCO. The molecule has 13 heavy (non-hydrogen) atoms. The first-order valence-electron chi connectivity index (χ1n) is 5.43. The van der Waals surface area contributed by atoms with Gasteiger partial charge in [0.05, 0.1) is 0 Å². The van der Waals surface area contributed by atoms with Crippen LogP contribution in [0.4, 0.5) is 0 Å². The van der Waals surface area contributed by atoms with Gasteiger partial charge in [-0.2, -0.15) is 0 Å². The highest BCUT2D eigenvalue weighted by Crippen LogP contribution is 2.03. The van der Waals surface area contributed by atoms with Crippen LogP contribution in [-0.4, -0.2) is 31.3 Å². The first-order chi connectivity index (χ1) is 6.41. The lowest BCUT2D eigenvalue weighted by molar-refractivity contribution is 0.282. The summed E-state index contributed by atoms with van der Waals surface area (Å²) < 4.78 is 0. The predicted octanol–water partition coefficient (Wildman–Crippen LogP) is 0.868. The fourth-order valence-corrected chi connectivity index (χ4v) is 1.30. The third kappa shape index (κ3) is 11.9. The molecule has 0 spiro atoms. The number of nitrogens with two attached hydrogens (primary N) is 1. The minimum Gasteiger partial charge on any atom is -0.396 e. The van der Waals surface area contributed by atoms with Gasteiger partial charge in [0.15, 0.2) is 0 Å². The highest BCUT2D eigenvalue weighted by Gasteiger charge is 1.90. The smallest absolute Gasteiger partial charge is 0.0431 e. The van der Waals surface area contributed by atoms with Crippen molar-refractivity contribution in [3.05, 3.63) is 0 Å². The predicted molar refractivity (Wildman–Crippen MR) is 56.7 cm³/mol. The first-order valence-corrected chi connectivity index (χ1v) is 5.43. The van der Waals surface area contributed by atoms with Crippen LogP contribution < -0.4 is 11.1 Å². The lowest BCUT2D eigenvalue weighted by Gasteiger charge is -2.02. The van der Waals surface area contributed by atoms with E-state index in [1.807, 2.05) is 0 Å². The number of hydrogen-bond donors (Lipinski definition) is 3. The Hall–Kier alpha value is -0.120. The summed E-state index contributed by atoms with van der Waals surface area (Å²) in [7, 11) is 0. The zero-order chi connectivity index (χ0) is 9.78. The summed E-state index contributed by atoms with van der Waals surface area (Å²) in [5.41, 5.74) is 5.34. The average Bonchev–Trinajstić information content (AvgIpc) is 2.16. The van der Waals surface area contributed by atoms with E-state index in [2.05, 4.69) is 5.32 Å². The maximum Gasteiger partial charge on any atom is 0.0431 e. The Morgan fingerprint density at radius 2 is 1.46 bits per heavy atom. The normalized spacial score (nSPS) is 10.6. The molecule has 0 aliphatic carbocycles. The van der Waals surface area contributed by atoms with Crippen molar-refractivity contribution in [2.45, 2.75) is 38.5 Å². The van der Waals surface area contributed by atoms with E-state index in [1.165, 1.54) is 32.1 Å². The molecule has 0 aromatic carbocycles. The van der Waals surface area contributed by atoms with E-state index in [0.717, 1.165) is 26.1 Å². The van der Waals surface area contributed by atoms with Gasteiger partial charge in [-0.05, 0) is 19.4 Å². The zero-order valence-corrected chi connectivity index (χ0v) is 8.60. The van der Waals surface area contributed by atoms with Crippen molar-refractivity contribution in [2.75, 3.05) is 26.2 Å². The molecule has 0 aromatic rings. The summed E-state index contributed by atoms with van der Waals surface area (Å²) in [6, 6.07) is 0. The second-order valence-electron chi connectivity index (χ2n) is 3.38. The number of hydrogen-bond acceptors (Lipinski definition) is 3. The van der Waals surface area contributed by atoms with E-state index >= 15 is 0 Å². The molecule has 0 rings (SSSR count). The van der Waals surface area contributed by atoms with E-state index in [-0.39, 0.29) is 0 Å². The molecule has 0 saturated heterocycles. The lowest BCUT2D eigenvalue weighted by Crippen LogP contribution is -2.23. The Balaban J connectivity index is 2.76. The summed E-state index contributed by atoms with van der Waals surface area (Å²) >= 11 is 0. The Morgan fingerprint density at radius 3 is 2.08 bits per heavy atom. The van der Waals surface area contributed by atoms with Gasteiger partial charge in [-0.25, -0.2) is 0 Å². The highest BCUT2D eigenvalue weighted by atomic mass is 16.2. The molecule has 0 atom stereocenters. The standard InChI is InChI=1S/C10H24N2O/c11-7-9-12-8-5-3-1-2-4-6-10-13/h12-13H,1-11H2. The van der Waals surface area contributed by atoms with Crippen LogP contribution in [-0.2, 0) is 0 Å². The molecule has 0 bridgehead atoms. The molecule has 0 aliphatic rings. The Morgan fingerprint density at radius 1 is 0.846 bits per heavy atom. The van der Waals surface area contributed by atoms with Gasteiger partial charge in [-0.1, -0.05) is 25.7 Å². The molecular formula is C10H24N2O. The van der Waals surface area contributed by atoms with Gasteiger partial charge in [-0.15, -0.1) is 0 Å². The van der Waals surface area contributed by atoms with Crippen LogP contribution in [0.2, 0.25) is 0 Å². The Labute approximate surface area is 81.7 Å².